The fraction of sp³-hybridized carbons (Fsp3) is 0.458. The van der Waals surface area contributed by atoms with Crippen LogP contribution >= 0.6 is 11.3 Å². The number of aromatic nitrogens is 2. The Morgan fingerprint density at radius 2 is 2.03 bits per heavy atom. The normalized spacial score (nSPS) is 18.7. The van der Waals surface area contributed by atoms with Crippen LogP contribution in [0, 0.1) is 0 Å². The number of nitrogens with one attached hydrogen (secondary N) is 2. The Kier molecular flexibility index (Phi) is 5.76. The van der Waals surface area contributed by atoms with Gasteiger partial charge in [0.15, 0.2) is 0 Å². The van der Waals surface area contributed by atoms with E-state index in [2.05, 4.69) is 32.3 Å². The van der Waals surface area contributed by atoms with E-state index < -0.39 is 0 Å². The lowest BCUT2D eigenvalue weighted by molar-refractivity contribution is -0.121. The van der Waals surface area contributed by atoms with Crippen molar-refractivity contribution in [2.24, 2.45) is 0 Å². The number of nitrogens with zero attached hydrogens (tertiary/aromatic N) is 2. The Hall–Kier alpha value is -2.67. The Morgan fingerprint density at radius 1 is 1.19 bits per heavy atom. The molecule has 2 aromatic heterocycles. The summed E-state index contributed by atoms with van der Waals surface area (Å²) in [6.07, 6.45) is 7.20. The Morgan fingerprint density at radius 3 is 2.90 bits per heavy atom. The minimum atomic E-state index is -0.0504. The lowest BCUT2D eigenvalue weighted by atomic mass is 9.97. The first kappa shape index (κ1) is 20.2. The number of piperidine rings is 1. The summed E-state index contributed by atoms with van der Waals surface area (Å²) in [6, 6.07) is 10.5. The van der Waals surface area contributed by atoms with E-state index in [4.69, 9.17) is 0 Å². The van der Waals surface area contributed by atoms with E-state index in [9.17, 15) is 9.59 Å². The minimum absolute atomic E-state index is 0.0214. The molecule has 1 unspecified atom stereocenters. The van der Waals surface area contributed by atoms with Crippen molar-refractivity contribution in [1.29, 1.82) is 0 Å². The van der Waals surface area contributed by atoms with Crippen LogP contribution in [-0.2, 0) is 24.1 Å². The molecular formula is C24H28N4O2S. The second-order valence-electron chi connectivity index (χ2n) is 8.59. The van der Waals surface area contributed by atoms with Gasteiger partial charge in [-0.05, 0) is 56.2 Å². The molecule has 0 radical (unpaired) electrons. The number of amides is 1. The minimum Gasteiger partial charge on any atom is -0.369 e. The van der Waals surface area contributed by atoms with Gasteiger partial charge in [0.05, 0.1) is 5.39 Å². The summed E-state index contributed by atoms with van der Waals surface area (Å²) >= 11 is 1.65. The van der Waals surface area contributed by atoms with Gasteiger partial charge in [-0.15, -0.1) is 11.3 Å². The highest BCUT2D eigenvalue weighted by Gasteiger charge is 2.22. The van der Waals surface area contributed by atoms with Crippen molar-refractivity contribution in [2.75, 3.05) is 18.0 Å². The quantitative estimate of drug-likeness (QED) is 0.641. The summed E-state index contributed by atoms with van der Waals surface area (Å²) in [5.41, 5.74) is 2.35. The van der Waals surface area contributed by atoms with Gasteiger partial charge in [-0.3, -0.25) is 9.59 Å². The van der Waals surface area contributed by atoms with Gasteiger partial charge in [-0.2, -0.15) is 0 Å². The van der Waals surface area contributed by atoms with Crippen molar-refractivity contribution < 1.29 is 4.79 Å². The molecule has 5 rings (SSSR count). The number of carbonyl (C=O) groups is 1. The van der Waals surface area contributed by atoms with Gasteiger partial charge in [0.1, 0.15) is 10.7 Å². The number of aryl methyl sites for hydroxylation is 3. The summed E-state index contributed by atoms with van der Waals surface area (Å²) in [4.78, 5) is 37.3. The van der Waals surface area contributed by atoms with Crippen LogP contribution in [0.15, 0.2) is 35.1 Å². The van der Waals surface area contributed by atoms with Gasteiger partial charge in [-0.1, -0.05) is 18.2 Å². The fourth-order valence-electron chi connectivity index (χ4n) is 4.83. The number of hydrogen-bond donors (Lipinski definition) is 2. The molecule has 31 heavy (non-hydrogen) atoms. The van der Waals surface area contributed by atoms with Gasteiger partial charge >= 0.3 is 0 Å². The number of anilines is 1. The van der Waals surface area contributed by atoms with Crippen molar-refractivity contribution in [1.82, 2.24) is 15.3 Å². The van der Waals surface area contributed by atoms with Crippen LogP contribution in [-0.4, -0.2) is 35.0 Å². The maximum atomic E-state index is 12.7. The van der Waals surface area contributed by atoms with E-state index in [0.29, 0.717) is 18.7 Å². The number of thiophene rings is 1. The van der Waals surface area contributed by atoms with E-state index in [1.807, 2.05) is 18.2 Å². The lowest BCUT2D eigenvalue weighted by Crippen LogP contribution is -2.47. The van der Waals surface area contributed by atoms with E-state index in [0.717, 1.165) is 55.4 Å². The average molecular weight is 437 g/mol. The van der Waals surface area contributed by atoms with Crippen LogP contribution < -0.4 is 15.8 Å². The van der Waals surface area contributed by atoms with E-state index in [-0.39, 0.29) is 17.5 Å². The fourth-order valence-corrected chi connectivity index (χ4v) is 6.11. The van der Waals surface area contributed by atoms with Crippen LogP contribution in [0.25, 0.3) is 10.2 Å². The molecule has 162 valence electrons. The largest absolute Gasteiger partial charge is 0.369 e. The Bertz CT molecular complexity index is 1140. The van der Waals surface area contributed by atoms with Crippen LogP contribution in [0.2, 0.25) is 0 Å². The Labute approximate surface area is 185 Å². The lowest BCUT2D eigenvalue weighted by Gasteiger charge is -2.34. The molecule has 0 bridgehead atoms. The molecule has 1 aliphatic carbocycles. The van der Waals surface area contributed by atoms with Crippen LogP contribution in [0.1, 0.15) is 48.4 Å². The van der Waals surface area contributed by atoms with Crippen molar-refractivity contribution in [3.63, 3.8) is 0 Å². The number of aromatic amines is 1. The molecule has 1 aromatic carbocycles. The molecule has 0 spiro atoms. The third-order valence-electron chi connectivity index (χ3n) is 6.37. The third-order valence-corrected chi connectivity index (χ3v) is 7.56. The van der Waals surface area contributed by atoms with Gasteiger partial charge in [0, 0.05) is 42.5 Å². The number of hydrogen-bond acceptors (Lipinski definition) is 5. The zero-order valence-electron chi connectivity index (χ0n) is 17.7. The van der Waals surface area contributed by atoms with Gasteiger partial charge in [-0.25, -0.2) is 4.98 Å². The van der Waals surface area contributed by atoms with E-state index in [1.54, 1.807) is 11.3 Å². The number of para-hydroxylation sites is 1. The first-order chi connectivity index (χ1) is 15.2. The molecule has 2 aliphatic rings. The number of rotatable bonds is 5. The number of benzene rings is 1. The number of H-pyrrole nitrogens is 1. The summed E-state index contributed by atoms with van der Waals surface area (Å²) < 4.78 is 0. The maximum absolute atomic E-state index is 12.7. The summed E-state index contributed by atoms with van der Waals surface area (Å²) in [6.45, 7) is 1.85. The zero-order chi connectivity index (χ0) is 21.2. The predicted molar refractivity (Wildman–Crippen MR) is 125 cm³/mol. The summed E-state index contributed by atoms with van der Waals surface area (Å²) in [5, 5.41) is 3.96. The van der Waals surface area contributed by atoms with Gasteiger partial charge in [0.25, 0.3) is 5.56 Å². The monoisotopic (exact) mass is 436 g/mol. The molecule has 3 aromatic rings. The molecule has 1 saturated heterocycles. The summed E-state index contributed by atoms with van der Waals surface area (Å²) in [7, 11) is 0. The average Bonchev–Trinajstić information content (AvgIpc) is 3.17. The number of carbonyl (C=O) groups excluding carboxylic acids is 1. The highest BCUT2D eigenvalue weighted by atomic mass is 32.1. The highest BCUT2D eigenvalue weighted by molar-refractivity contribution is 7.18. The molecule has 0 saturated carbocycles. The predicted octanol–water partition coefficient (Wildman–Crippen LogP) is 3.58. The topological polar surface area (TPSA) is 78.1 Å². The highest BCUT2D eigenvalue weighted by Crippen LogP contribution is 2.33. The third kappa shape index (κ3) is 4.37. The van der Waals surface area contributed by atoms with Crippen molar-refractivity contribution >= 4 is 33.1 Å². The molecule has 2 N–H and O–H groups in total. The molecule has 6 nitrogen and oxygen atoms in total. The van der Waals surface area contributed by atoms with E-state index in [1.165, 1.54) is 22.5 Å². The maximum Gasteiger partial charge on any atom is 0.259 e. The van der Waals surface area contributed by atoms with Crippen LogP contribution in [0.4, 0.5) is 5.69 Å². The first-order valence-electron chi connectivity index (χ1n) is 11.3. The zero-order valence-corrected chi connectivity index (χ0v) is 18.5. The van der Waals surface area contributed by atoms with Gasteiger partial charge < -0.3 is 15.2 Å². The smallest absolute Gasteiger partial charge is 0.259 e. The second-order valence-corrected chi connectivity index (χ2v) is 9.68. The van der Waals surface area contributed by atoms with Gasteiger partial charge in [0.2, 0.25) is 5.91 Å². The molecule has 1 amide bonds. The van der Waals surface area contributed by atoms with Crippen LogP contribution in [0.3, 0.4) is 0 Å². The molecule has 7 heteroatoms. The molecule has 1 atom stereocenters. The Balaban J connectivity index is 1.20. The van der Waals surface area contributed by atoms with Crippen molar-refractivity contribution in [2.45, 2.75) is 57.4 Å². The summed E-state index contributed by atoms with van der Waals surface area (Å²) in [5.74, 6) is 0.633. The van der Waals surface area contributed by atoms with Crippen molar-refractivity contribution in [3.05, 3.63) is 57.0 Å². The molecule has 1 aliphatic heterocycles. The molecule has 3 heterocycles. The standard InChI is InChI=1S/C24H28N4O2S/c29-21(25-16-7-6-14-28(15-16)17-8-2-1-3-9-17)13-12-20-26-23(30)22-18-10-4-5-11-19(18)31-24(22)27-20/h1-3,8-9,16H,4-7,10-15H2,(H,25,29)(H,26,27,30). The first-order valence-corrected chi connectivity index (χ1v) is 12.1. The molecule has 1 fully saturated rings. The van der Waals surface area contributed by atoms with Crippen LogP contribution in [0.5, 0.6) is 0 Å². The number of fused-ring (bicyclic) bond motifs is 3. The SMILES string of the molecule is O=C(CCc1nc2sc3c(c2c(=O)[nH]1)CCCC3)NC1CCCN(c2ccccc2)C1. The van der Waals surface area contributed by atoms with Crippen molar-refractivity contribution in [3.8, 4) is 0 Å². The second kappa shape index (κ2) is 8.83. The molecular weight excluding hydrogens is 408 g/mol. The van der Waals surface area contributed by atoms with E-state index >= 15 is 0 Å².